The Bertz CT molecular complexity index is 1070. The van der Waals surface area contributed by atoms with E-state index in [2.05, 4.69) is 55.3 Å². The fraction of sp³-hybridized carbons (Fsp3) is 0.567. The largest absolute Gasteiger partial charge is 0.496 e. The van der Waals surface area contributed by atoms with Crippen LogP contribution >= 0.6 is 0 Å². The van der Waals surface area contributed by atoms with Crippen LogP contribution in [0.15, 0.2) is 36.4 Å². The van der Waals surface area contributed by atoms with Crippen molar-refractivity contribution in [3.05, 3.63) is 47.5 Å². The molecule has 3 fully saturated rings. The Morgan fingerprint density at radius 2 is 1.89 bits per heavy atom. The highest BCUT2D eigenvalue weighted by molar-refractivity contribution is 5.74. The van der Waals surface area contributed by atoms with E-state index in [9.17, 15) is 4.79 Å². The number of carbonyl (C=O) groups excluding carboxylic acids is 1. The molecule has 2 aromatic carbocycles. The van der Waals surface area contributed by atoms with Gasteiger partial charge in [-0.2, -0.15) is 0 Å². The Morgan fingerprint density at radius 1 is 1.14 bits per heavy atom. The van der Waals surface area contributed by atoms with Crippen LogP contribution in [0.2, 0.25) is 0 Å². The predicted molar refractivity (Wildman–Crippen MR) is 142 cm³/mol. The number of alkyl carbamates (subject to hydrolysis) is 1. The summed E-state index contributed by atoms with van der Waals surface area (Å²) in [5.41, 5.74) is 4.38. The van der Waals surface area contributed by atoms with Gasteiger partial charge in [0.2, 0.25) is 0 Å². The van der Waals surface area contributed by atoms with Gasteiger partial charge in [-0.05, 0) is 91.1 Å². The molecule has 3 saturated heterocycles. The molecule has 0 saturated carbocycles. The number of nitrogens with zero attached hydrogens (tertiary/aromatic N) is 1. The number of carbonyl (C=O) groups is 1. The lowest BCUT2D eigenvalue weighted by molar-refractivity contribution is -0.0349. The lowest BCUT2D eigenvalue weighted by Gasteiger charge is -2.44. The molecule has 3 aliphatic heterocycles. The molecule has 6 heteroatoms. The van der Waals surface area contributed by atoms with Crippen molar-refractivity contribution in [2.24, 2.45) is 11.3 Å². The van der Waals surface area contributed by atoms with Crippen LogP contribution in [-0.2, 0) is 11.2 Å². The van der Waals surface area contributed by atoms with Gasteiger partial charge < -0.3 is 19.5 Å². The zero-order chi connectivity index (χ0) is 25.3. The molecule has 36 heavy (non-hydrogen) atoms. The van der Waals surface area contributed by atoms with E-state index < -0.39 is 0 Å². The van der Waals surface area contributed by atoms with Crippen LogP contribution in [0.3, 0.4) is 0 Å². The molecule has 0 radical (unpaired) electrons. The molecule has 2 aromatic rings. The maximum absolute atomic E-state index is 13.0. The molecule has 6 rings (SSSR count). The number of fused-ring (bicyclic) bond motifs is 4. The van der Waals surface area contributed by atoms with E-state index >= 15 is 0 Å². The molecule has 0 aromatic heterocycles. The first-order valence-corrected chi connectivity index (χ1v) is 13.5. The summed E-state index contributed by atoms with van der Waals surface area (Å²) in [4.78, 5) is 15.4. The Labute approximate surface area is 215 Å². The summed E-state index contributed by atoms with van der Waals surface area (Å²) < 4.78 is 17.6. The molecule has 2 atom stereocenters. The van der Waals surface area contributed by atoms with Gasteiger partial charge in [0, 0.05) is 12.1 Å². The monoisotopic (exact) mass is 492 g/mol. The lowest BCUT2D eigenvalue weighted by atomic mass is 9.85. The third-order valence-corrected chi connectivity index (χ3v) is 8.25. The lowest BCUT2D eigenvalue weighted by Crippen LogP contribution is -2.53. The molecule has 1 aliphatic carbocycles. The number of rotatable bonds is 8. The van der Waals surface area contributed by atoms with Gasteiger partial charge in [0.1, 0.15) is 17.6 Å². The van der Waals surface area contributed by atoms with Crippen LogP contribution in [0.4, 0.5) is 4.79 Å². The number of unbranched alkanes of at least 4 members (excludes halogenated alkanes) is 1. The topological polar surface area (TPSA) is 60.0 Å². The third kappa shape index (κ3) is 5.06. The van der Waals surface area contributed by atoms with Gasteiger partial charge in [0.05, 0.1) is 19.8 Å². The second-order valence-electron chi connectivity index (χ2n) is 11.3. The summed E-state index contributed by atoms with van der Waals surface area (Å²) >= 11 is 0. The van der Waals surface area contributed by atoms with E-state index in [1.165, 1.54) is 5.56 Å². The van der Waals surface area contributed by atoms with Gasteiger partial charge >= 0.3 is 6.09 Å². The van der Waals surface area contributed by atoms with Gasteiger partial charge in [-0.15, -0.1) is 0 Å². The van der Waals surface area contributed by atoms with Crippen LogP contribution in [0.25, 0.3) is 11.1 Å². The maximum Gasteiger partial charge on any atom is 0.407 e. The Morgan fingerprint density at radius 3 is 2.53 bits per heavy atom. The Balaban J connectivity index is 1.33. The zero-order valence-corrected chi connectivity index (χ0v) is 22.1. The van der Waals surface area contributed by atoms with Crippen LogP contribution in [0.1, 0.15) is 63.6 Å². The molecule has 6 nitrogen and oxygen atoms in total. The average Bonchev–Trinajstić information content (AvgIpc) is 3.12. The minimum Gasteiger partial charge on any atom is -0.496 e. The van der Waals surface area contributed by atoms with Crippen molar-refractivity contribution in [2.45, 2.75) is 65.0 Å². The number of hydrogen-bond donors (Lipinski definition) is 1. The van der Waals surface area contributed by atoms with E-state index in [0.717, 1.165) is 86.5 Å². The SMILES string of the molecule is CCCCOc1ccc(-c2cc3c(cc2OC)C(NC(=O)O[C@H]2CN4CCC2CC4)C(C)(C)C3)cc1. The van der Waals surface area contributed by atoms with Crippen LogP contribution in [0, 0.1) is 11.3 Å². The normalized spacial score (nSPS) is 25.8. The first-order chi connectivity index (χ1) is 17.4. The summed E-state index contributed by atoms with van der Waals surface area (Å²) in [6.07, 6.45) is 5.00. The first-order valence-electron chi connectivity index (χ1n) is 13.5. The first kappa shape index (κ1) is 24.9. The Kier molecular flexibility index (Phi) is 7.16. The van der Waals surface area contributed by atoms with Crippen molar-refractivity contribution < 1.29 is 19.0 Å². The van der Waals surface area contributed by atoms with E-state index in [0.29, 0.717) is 5.92 Å². The summed E-state index contributed by atoms with van der Waals surface area (Å²) in [5, 5.41) is 3.22. The van der Waals surface area contributed by atoms with Gasteiger partial charge in [-0.1, -0.05) is 39.3 Å². The van der Waals surface area contributed by atoms with Crippen LogP contribution in [-0.4, -0.2) is 50.4 Å². The summed E-state index contributed by atoms with van der Waals surface area (Å²) in [6.45, 7) is 10.4. The van der Waals surface area contributed by atoms with Gasteiger partial charge in [0.25, 0.3) is 0 Å². The molecule has 0 spiro atoms. The van der Waals surface area contributed by atoms with Gasteiger partial charge in [-0.25, -0.2) is 4.79 Å². The van der Waals surface area contributed by atoms with Crippen LogP contribution in [0.5, 0.6) is 11.5 Å². The van der Waals surface area contributed by atoms with Gasteiger partial charge in [-0.3, -0.25) is 4.90 Å². The average molecular weight is 493 g/mol. The van der Waals surface area contributed by atoms with Crippen molar-refractivity contribution in [1.29, 1.82) is 0 Å². The number of methoxy groups -OCH3 is 1. The molecular formula is C30H40N2O4. The summed E-state index contributed by atoms with van der Waals surface area (Å²) in [7, 11) is 1.71. The second kappa shape index (κ2) is 10.3. The number of hydrogen-bond acceptors (Lipinski definition) is 5. The fourth-order valence-corrected chi connectivity index (χ4v) is 6.14. The number of amides is 1. The van der Waals surface area contributed by atoms with Gasteiger partial charge in [0.15, 0.2) is 0 Å². The number of ether oxygens (including phenoxy) is 3. The van der Waals surface area contributed by atoms with E-state index in [-0.39, 0.29) is 23.7 Å². The van der Waals surface area contributed by atoms with E-state index in [1.54, 1.807) is 7.11 Å². The molecule has 1 unspecified atom stereocenters. The van der Waals surface area contributed by atoms with Crippen molar-refractivity contribution in [2.75, 3.05) is 33.4 Å². The molecule has 1 N–H and O–H groups in total. The molecule has 3 heterocycles. The van der Waals surface area contributed by atoms with Crippen molar-refractivity contribution >= 4 is 6.09 Å². The molecular weight excluding hydrogens is 452 g/mol. The smallest absolute Gasteiger partial charge is 0.407 e. The van der Waals surface area contributed by atoms with Crippen molar-refractivity contribution in [3.8, 4) is 22.6 Å². The standard InChI is InChI=1S/C30H40N2O4/c1-5-6-15-35-23-9-7-20(8-10-23)24-16-22-18-30(2,3)28(25(22)17-26(24)34-4)31-29(33)36-27-19-32-13-11-21(27)12-14-32/h7-10,16-17,21,27-28H,5-6,11-15,18-19H2,1-4H3,(H,31,33)/t27-,28?/m0/s1. The molecule has 4 aliphatic rings. The Hall–Kier alpha value is -2.73. The second-order valence-corrected chi connectivity index (χ2v) is 11.3. The minimum atomic E-state index is -0.304. The summed E-state index contributed by atoms with van der Waals surface area (Å²) in [6, 6.07) is 12.4. The minimum absolute atomic E-state index is 0.00215. The highest BCUT2D eigenvalue weighted by atomic mass is 16.6. The molecule has 194 valence electrons. The zero-order valence-electron chi connectivity index (χ0n) is 22.1. The van der Waals surface area contributed by atoms with E-state index in [4.69, 9.17) is 14.2 Å². The van der Waals surface area contributed by atoms with Crippen molar-refractivity contribution in [1.82, 2.24) is 10.2 Å². The highest BCUT2D eigenvalue weighted by Gasteiger charge is 2.42. The fourth-order valence-electron chi connectivity index (χ4n) is 6.14. The highest BCUT2D eigenvalue weighted by Crippen LogP contribution is 2.48. The predicted octanol–water partition coefficient (Wildman–Crippen LogP) is 5.98. The van der Waals surface area contributed by atoms with Crippen molar-refractivity contribution in [3.63, 3.8) is 0 Å². The quantitative estimate of drug-likeness (QED) is 0.459. The molecule has 2 bridgehead atoms. The number of benzene rings is 2. The number of nitrogens with one attached hydrogen (secondary N) is 1. The maximum atomic E-state index is 13.0. The number of piperidine rings is 3. The molecule has 1 amide bonds. The summed E-state index contributed by atoms with van der Waals surface area (Å²) in [5.74, 6) is 2.19. The van der Waals surface area contributed by atoms with Crippen LogP contribution < -0.4 is 14.8 Å². The third-order valence-electron chi connectivity index (χ3n) is 8.25. The van der Waals surface area contributed by atoms with E-state index in [1.807, 2.05) is 12.1 Å².